The minimum atomic E-state index is -0.255. The molecule has 1 amide bonds. The lowest BCUT2D eigenvalue weighted by Gasteiger charge is -2.23. The maximum absolute atomic E-state index is 12.1. The second kappa shape index (κ2) is 9.64. The number of aliphatic imine (C=N–C) groups is 1. The molecule has 0 saturated carbocycles. The zero-order chi connectivity index (χ0) is 26.1. The summed E-state index contributed by atoms with van der Waals surface area (Å²) in [7, 11) is 5.72. The van der Waals surface area contributed by atoms with Gasteiger partial charge >= 0.3 is 6.01 Å². The molecule has 12 heteroatoms. The Kier molecular flexibility index (Phi) is 6.22. The average Bonchev–Trinajstić information content (AvgIpc) is 3.30. The largest absolute Gasteiger partial charge is 0.435 e. The molecule has 12 nitrogen and oxygen atoms in total. The molecule has 37 heavy (non-hydrogen) atoms. The van der Waals surface area contributed by atoms with Crippen LogP contribution in [0.15, 0.2) is 47.5 Å². The molecule has 5 rings (SSSR count). The molecule has 0 unspecified atom stereocenters. The van der Waals surface area contributed by atoms with Crippen LogP contribution in [0.5, 0.6) is 23.4 Å². The van der Waals surface area contributed by atoms with Gasteiger partial charge in [-0.15, -0.1) is 0 Å². The van der Waals surface area contributed by atoms with E-state index in [0.717, 1.165) is 30.2 Å². The van der Waals surface area contributed by atoms with E-state index >= 15 is 0 Å². The lowest BCUT2D eigenvalue weighted by atomic mass is 10.1. The second-order valence-electron chi connectivity index (χ2n) is 8.79. The highest BCUT2D eigenvalue weighted by atomic mass is 16.5. The first-order valence-corrected chi connectivity index (χ1v) is 11.6. The van der Waals surface area contributed by atoms with Crippen molar-refractivity contribution in [2.75, 3.05) is 56.3 Å². The molecule has 3 aromatic rings. The van der Waals surface area contributed by atoms with E-state index in [1.165, 1.54) is 0 Å². The standard InChI is InChI=1S/C25H27N9O3/c1-33(2)17-8-7-14(21(26)27)12-18(17)37-24-20-22(29-13-19(35)30-20)31-25(32-24)36-16-6-4-5-15(11-16)23-28-9-10-34(23)3/h4-8,11-12H,9-10,13H2,1-3H3,(H3,26,27)(H,30,35)(H,29,31,32). The zero-order valence-electron chi connectivity index (χ0n) is 20.7. The van der Waals surface area contributed by atoms with Crippen molar-refractivity contribution in [2.24, 2.45) is 10.7 Å². The molecule has 0 fully saturated rings. The molecular formula is C25H27N9O3. The minimum absolute atomic E-state index is 0.0328. The Bertz CT molecular complexity index is 1420. The SMILES string of the molecule is CN1CCN=C1c1cccc(Oc2nc3c(c(Oc4cc(C(=N)N)ccc4N(C)C)n2)NC(=O)CN3)c1. The number of carbonyl (C=O) groups excluding carboxylic acids is 1. The van der Waals surface area contributed by atoms with Crippen molar-refractivity contribution in [3.05, 3.63) is 53.6 Å². The maximum Gasteiger partial charge on any atom is 0.327 e. The Hall–Kier alpha value is -4.87. The van der Waals surface area contributed by atoms with Crippen LogP contribution in [-0.2, 0) is 4.79 Å². The lowest BCUT2D eigenvalue weighted by molar-refractivity contribution is -0.114. The van der Waals surface area contributed by atoms with Crippen molar-refractivity contribution >= 4 is 34.8 Å². The number of aromatic nitrogens is 2. The molecule has 190 valence electrons. The molecule has 3 heterocycles. The van der Waals surface area contributed by atoms with E-state index < -0.39 is 0 Å². The van der Waals surface area contributed by atoms with Crippen molar-refractivity contribution < 1.29 is 14.3 Å². The fourth-order valence-corrected chi connectivity index (χ4v) is 4.01. The van der Waals surface area contributed by atoms with Crippen molar-refractivity contribution in [2.45, 2.75) is 0 Å². The summed E-state index contributed by atoms with van der Waals surface area (Å²) in [5.74, 6) is 1.91. The smallest absolute Gasteiger partial charge is 0.327 e. The van der Waals surface area contributed by atoms with Crippen LogP contribution in [0.2, 0.25) is 0 Å². The van der Waals surface area contributed by atoms with Crippen LogP contribution in [0.1, 0.15) is 11.1 Å². The number of likely N-dealkylation sites (N-methyl/N-ethyl adjacent to an activating group) is 1. The summed E-state index contributed by atoms with van der Waals surface area (Å²) in [4.78, 5) is 29.6. The number of fused-ring (bicyclic) bond motifs is 1. The Balaban J connectivity index is 1.52. The number of benzene rings is 2. The molecule has 0 bridgehead atoms. The summed E-state index contributed by atoms with van der Waals surface area (Å²) in [5, 5.41) is 13.6. The molecule has 5 N–H and O–H groups in total. The van der Waals surface area contributed by atoms with E-state index in [9.17, 15) is 4.79 Å². The molecule has 2 aliphatic heterocycles. The third kappa shape index (κ3) is 4.94. The number of nitrogens with two attached hydrogens (primary N) is 1. The van der Waals surface area contributed by atoms with Crippen LogP contribution in [0.3, 0.4) is 0 Å². The Labute approximate surface area is 213 Å². The van der Waals surface area contributed by atoms with Crippen molar-refractivity contribution in [3.8, 4) is 23.4 Å². The average molecular weight is 502 g/mol. The van der Waals surface area contributed by atoms with Crippen LogP contribution >= 0.6 is 0 Å². The van der Waals surface area contributed by atoms with E-state index in [1.54, 1.807) is 24.3 Å². The minimum Gasteiger partial charge on any atom is -0.435 e. The summed E-state index contributed by atoms with van der Waals surface area (Å²) in [6.07, 6.45) is 0. The zero-order valence-corrected chi connectivity index (χ0v) is 20.7. The molecule has 0 aliphatic carbocycles. The van der Waals surface area contributed by atoms with Gasteiger partial charge in [0.15, 0.2) is 11.6 Å². The van der Waals surface area contributed by atoms with Gasteiger partial charge in [0, 0.05) is 38.8 Å². The van der Waals surface area contributed by atoms with E-state index in [2.05, 4.69) is 30.5 Å². The Morgan fingerprint density at radius 3 is 2.73 bits per heavy atom. The first-order valence-electron chi connectivity index (χ1n) is 11.6. The molecule has 0 spiro atoms. The van der Waals surface area contributed by atoms with Gasteiger partial charge in [0.25, 0.3) is 5.88 Å². The summed E-state index contributed by atoms with van der Waals surface area (Å²) in [6, 6.07) is 12.7. The van der Waals surface area contributed by atoms with Gasteiger partial charge in [-0.1, -0.05) is 12.1 Å². The number of nitrogens with one attached hydrogen (secondary N) is 3. The molecule has 0 radical (unpaired) electrons. The quantitative estimate of drug-likeness (QED) is 0.282. The number of ether oxygens (including phenoxy) is 2. The summed E-state index contributed by atoms with van der Waals surface area (Å²) < 4.78 is 12.2. The first-order chi connectivity index (χ1) is 17.8. The Morgan fingerprint density at radius 2 is 2.00 bits per heavy atom. The number of carbonyl (C=O) groups is 1. The predicted molar refractivity (Wildman–Crippen MR) is 142 cm³/mol. The predicted octanol–water partition coefficient (Wildman–Crippen LogP) is 2.47. The van der Waals surface area contributed by atoms with Crippen LogP contribution < -0.4 is 30.7 Å². The van der Waals surface area contributed by atoms with Crippen LogP contribution in [0.25, 0.3) is 0 Å². The third-order valence-electron chi connectivity index (χ3n) is 5.86. The maximum atomic E-state index is 12.1. The summed E-state index contributed by atoms with van der Waals surface area (Å²) >= 11 is 0. The van der Waals surface area contributed by atoms with Crippen molar-refractivity contribution in [1.82, 2.24) is 14.9 Å². The molecule has 0 atom stereocenters. The molecule has 1 aromatic heterocycles. The van der Waals surface area contributed by atoms with E-state index in [0.29, 0.717) is 22.9 Å². The molecular weight excluding hydrogens is 474 g/mol. The van der Waals surface area contributed by atoms with E-state index in [-0.39, 0.29) is 35.9 Å². The normalized spacial score (nSPS) is 14.3. The number of rotatable bonds is 7. The highest BCUT2D eigenvalue weighted by Gasteiger charge is 2.25. The number of anilines is 3. The number of hydrogen-bond donors (Lipinski definition) is 4. The number of nitrogen functional groups attached to an aromatic ring is 1. The van der Waals surface area contributed by atoms with Crippen LogP contribution in [0, 0.1) is 5.41 Å². The first kappa shape index (κ1) is 23.9. The monoisotopic (exact) mass is 501 g/mol. The van der Waals surface area contributed by atoms with Gasteiger partial charge in [0.05, 0.1) is 18.8 Å². The van der Waals surface area contributed by atoms with Gasteiger partial charge in [-0.3, -0.25) is 15.2 Å². The second-order valence-corrected chi connectivity index (χ2v) is 8.79. The fourth-order valence-electron chi connectivity index (χ4n) is 4.01. The van der Waals surface area contributed by atoms with Crippen molar-refractivity contribution in [1.29, 1.82) is 5.41 Å². The van der Waals surface area contributed by atoms with Gasteiger partial charge in [-0.25, -0.2) is 0 Å². The van der Waals surface area contributed by atoms with Gasteiger partial charge < -0.3 is 35.6 Å². The van der Waals surface area contributed by atoms with Gasteiger partial charge in [-0.2, -0.15) is 9.97 Å². The fraction of sp³-hybridized carbons (Fsp3) is 0.240. The van der Waals surface area contributed by atoms with Gasteiger partial charge in [-0.05, 0) is 30.3 Å². The highest BCUT2D eigenvalue weighted by Crippen LogP contribution is 2.40. The lowest BCUT2D eigenvalue weighted by Crippen LogP contribution is -2.28. The number of amidine groups is 2. The molecule has 2 aliphatic rings. The number of nitrogens with zero attached hydrogens (tertiary/aromatic N) is 5. The third-order valence-corrected chi connectivity index (χ3v) is 5.86. The summed E-state index contributed by atoms with van der Waals surface area (Å²) in [6.45, 7) is 1.67. The van der Waals surface area contributed by atoms with Gasteiger partial charge in [0.2, 0.25) is 5.91 Å². The van der Waals surface area contributed by atoms with Crippen LogP contribution in [0.4, 0.5) is 17.2 Å². The van der Waals surface area contributed by atoms with Gasteiger partial charge in [0.1, 0.15) is 23.1 Å². The van der Waals surface area contributed by atoms with E-state index in [1.807, 2.05) is 44.2 Å². The topological polar surface area (TPSA) is 154 Å². The summed E-state index contributed by atoms with van der Waals surface area (Å²) in [5.41, 5.74) is 8.12. The molecule has 0 saturated heterocycles. The Morgan fingerprint density at radius 1 is 1.16 bits per heavy atom. The highest BCUT2D eigenvalue weighted by molar-refractivity contribution is 6.01. The van der Waals surface area contributed by atoms with Crippen LogP contribution in [-0.4, -0.2) is 73.2 Å². The number of amides is 1. The number of hydrogen-bond acceptors (Lipinski definition) is 10. The van der Waals surface area contributed by atoms with Crippen molar-refractivity contribution in [3.63, 3.8) is 0 Å². The van der Waals surface area contributed by atoms with E-state index in [4.69, 9.17) is 20.6 Å². The molecule has 2 aromatic carbocycles.